The third-order valence-corrected chi connectivity index (χ3v) is 4.21. The fraction of sp³-hybridized carbons (Fsp3) is 0.667. The van der Waals surface area contributed by atoms with E-state index in [4.69, 9.17) is 4.74 Å². The molecule has 23 heavy (non-hydrogen) atoms. The van der Waals surface area contributed by atoms with Crippen LogP contribution in [-0.4, -0.2) is 28.2 Å². The number of aromatic nitrogens is 1. The van der Waals surface area contributed by atoms with Gasteiger partial charge in [-0.1, -0.05) is 13.8 Å². The van der Waals surface area contributed by atoms with Crippen LogP contribution < -0.4 is 10.1 Å². The van der Waals surface area contributed by atoms with E-state index in [9.17, 15) is 9.90 Å². The number of nitrogens with one attached hydrogen (secondary N) is 1. The molecule has 0 saturated heterocycles. The van der Waals surface area contributed by atoms with E-state index in [1.165, 1.54) is 0 Å². The number of carbonyl (C=O) groups excluding carboxylic acids is 1. The SMILES string of the molecule is CC(C)CC(C)Oc1cc(CNC(=O)C2CCCC2O)ccn1. The van der Waals surface area contributed by atoms with Crippen LogP contribution in [0.1, 0.15) is 52.0 Å². The summed E-state index contributed by atoms with van der Waals surface area (Å²) in [7, 11) is 0. The average molecular weight is 320 g/mol. The summed E-state index contributed by atoms with van der Waals surface area (Å²) >= 11 is 0. The predicted molar refractivity (Wildman–Crippen MR) is 89.0 cm³/mol. The molecule has 128 valence electrons. The maximum atomic E-state index is 12.1. The normalized spacial score (nSPS) is 22.1. The van der Waals surface area contributed by atoms with Crippen LogP contribution >= 0.6 is 0 Å². The Morgan fingerprint density at radius 2 is 2.22 bits per heavy atom. The Morgan fingerprint density at radius 1 is 1.43 bits per heavy atom. The van der Waals surface area contributed by atoms with Crippen molar-refractivity contribution in [1.29, 1.82) is 0 Å². The number of pyridine rings is 1. The van der Waals surface area contributed by atoms with Crippen LogP contribution in [0.15, 0.2) is 18.3 Å². The molecule has 1 aromatic heterocycles. The van der Waals surface area contributed by atoms with Gasteiger partial charge in [-0.3, -0.25) is 4.79 Å². The Bertz CT molecular complexity index is 519. The Balaban J connectivity index is 1.86. The largest absolute Gasteiger partial charge is 0.475 e. The highest BCUT2D eigenvalue weighted by atomic mass is 16.5. The molecule has 2 N–H and O–H groups in total. The van der Waals surface area contributed by atoms with E-state index in [-0.39, 0.29) is 17.9 Å². The second-order valence-corrected chi connectivity index (χ2v) is 6.88. The number of aliphatic hydroxyl groups excluding tert-OH is 1. The Morgan fingerprint density at radius 3 is 2.87 bits per heavy atom. The van der Waals surface area contributed by atoms with Crippen molar-refractivity contribution in [3.63, 3.8) is 0 Å². The molecule has 0 aliphatic heterocycles. The Labute approximate surface area is 138 Å². The van der Waals surface area contributed by atoms with Crippen molar-refractivity contribution in [2.75, 3.05) is 0 Å². The summed E-state index contributed by atoms with van der Waals surface area (Å²) in [5.41, 5.74) is 0.951. The van der Waals surface area contributed by atoms with Crippen LogP contribution in [0.4, 0.5) is 0 Å². The molecule has 1 heterocycles. The third kappa shape index (κ3) is 5.50. The van der Waals surface area contributed by atoms with Gasteiger partial charge in [0.15, 0.2) is 0 Å². The van der Waals surface area contributed by atoms with Gasteiger partial charge >= 0.3 is 0 Å². The molecule has 3 atom stereocenters. The average Bonchev–Trinajstić information content (AvgIpc) is 2.90. The molecule has 2 rings (SSSR count). The highest BCUT2D eigenvalue weighted by Crippen LogP contribution is 2.25. The third-order valence-electron chi connectivity index (χ3n) is 4.21. The first kappa shape index (κ1) is 17.7. The number of amides is 1. The topological polar surface area (TPSA) is 71.5 Å². The van der Waals surface area contributed by atoms with Gasteiger partial charge in [-0.25, -0.2) is 4.98 Å². The maximum Gasteiger partial charge on any atom is 0.225 e. The quantitative estimate of drug-likeness (QED) is 0.810. The molecule has 0 spiro atoms. The number of rotatable bonds is 7. The predicted octanol–water partition coefficient (Wildman–Crippen LogP) is 2.67. The van der Waals surface area contributed by atoms with E-state index in [1.54, 1.807) is 6.20 Å². The van der Waals surface area contributed by atoms with E-state index in [0.29, 0.717) is 18.3 Å². The molecule has 1 aliphatic carbocycles. The van der Waals surface area contributed by atoms with Crippen LogP contribution in [0.2, 0.25) is 0 Å². The smallest absolute Gasteiger partial charge is 0.225 e. The lowest BCUT2D eigenvalue weighted by Crippen LogP contribution is -2.34. The lowest BCUT2D eigenvalue weighted by molar-refractivity contribution is -0.127. The standard InChI is InChI=1S/C18H28N2O3/c1-12(2)9-13(3)23-17-10-14(7-8-19-17)11-20-18(22)15-5-4-6-16(15)21/h7-8,10,12-13,15-16,21H,4-6,9,11H2,1-3H3,(H,20,22). The van der Waals surface area contributed by atoms with Gasteiger partial charge in [0.05, 0.1) is 18.1 Å². The van der Waals surface area contributed by atoms with Crippen molar-refractivity contribution in [1.82, 2.24) is 10.3 Å². The molecule has 0 aromatic carbocycles. The molecule has 1 fully saturated rings. The minimum absolute atomic E-state index is 0.0672. The second kappa shape index (κ2) is 8.29. The number of hydrogen-bond acceptors (Lipinski definition) is 4. The van der Waals surface area contributed by atoms with Gasteiger partial charge in [0.1, 0.15) is 0 Å². The minimum Gasteiger partial charge on any atom is -0.475 e. The molecule has 1 aliphatic rings. The molecule has 5 nitrogen and oxygen atoms in total. The molecule has 5 heteroatoms. The van der Waals surface area contributed by atoms with Crippen molar-refractivity contribution in [3.05, 3.63) is 23.9 Å². The summed E-state index contributed by atoms with van der Waals surface area (Å²) in [5.74, 6) is 0.831. The van der Waals surface area contributed by atoms with Crippen LogP contribution in [0, 0.1) is 11.8 Å². The van der Waals surface area contributed by atoms with Crippen LogP contribution in [0.5, 0.6) is 5.88 Å². The summed E-state index contributed by atoms with van der Waals surface area (Å²) in [4.78, 5) is 16.3. The van der Waals surface area contributed by atoms with Gasteiger partial charge in [-0.2, -0.15) is 0 Å². The zero-order chi connectivity index (χ0) is 16.8. The highest BCUT2D eigenvalue weighted by Gasteiger charge is 2.31. The Hall–Kier alpha value is -1.62. The molecule has 1 aromatic rings. The van der Waals surface area contributed by atoms with Gasteiger partial charge in [0.2, 0.25) is 11.8 Å². The number of ether oxygens (including phenoxy) is 1. The molecule has 1 saturated carbocycles. The van der Waals surface area contributed by atoms with Gasteiger partial charge in [-0.15, -0.1) is 0 Å². The molecule has 0 bridgehead atoms. The van der Waals surface area contributed by atoms with Gasteiger partial charge in [0, 0.05) is 18.8 Å². The van der Waals surface area contributed by atoms with E-state index in [2.05, 4.69) is 24.1 Å². The van der Waals surface area contributed by atoms with E-state index in [1.807, 2.05) is 19.1 Å². The van der Waals surface area contributed by atoms with Crippen molar-refractivity contribution in [2.24, 2.45) is 11.8 Å². The van der Waals surface area contributed by atoms with Gasteiger partial charge in [-0.05, 0) is 50.2 Å². The summed E-state index contributed by atoms with van der Waals surface area (Å²) in [5, 5.41) is 12.7. The first-order chi connectivity index (χ1) is 11.0. The fourth-order valence-corrected chi connectivity index (χ4v) is 3.11. The van der Waals surface area contributed by atoms with Crippen LogP contribution in [0.3, 0.4) is 0 Å². The first-order valence-corrected chi connectivity index (χ1v) is 8.53. The molecule has 0 radical (unpaired) electrons. The molecular formula is C18H28N2O3. The number of carbonyl (C=O) groups is 1. The number of hydrogen-bond donors (Lipinski definition) is 2. The van der Waals surface area contributed by atoms with Crippen molar-refractivity contribution < 1.29 is 14.6 Å². The summed E-state index contributed by atoms with van der Waals surface area (Å²) < 4.78 is 5.83. The first-order valence-electron chi connectivity index (χ1n) is 8.53. The van der Waals surface area contributed by atoms with Crippen molar-refractivity contribution in [2.45, 2.75) is 65.2 Å². The molecular weight excluding hydrogens is 292 g/mol. The second-order valence-electron chi connectivity index (χ2n) is 6.88. The summed E-state index contributed by atoms with van der Waals surface area (Å²) in [6, 6.07) is 3.73. The van der Waals surface area contributed by atoms with E-state index in [0.717, 1.165) is 31.2 Å². The number of aliphatic hydroxyl groups is 1. The fourth-order valence-electron chi connectivity index (χ4n) is 3.11. The lowest BCUT2D eigenvalue weighted by atomic mass is 10.1. The van der Waals surface area contributed by atoms with Crippen LogP contribution in [0.25, 0.3) is 0 Å². The Kier molecular flexibility index (Phi) is 6.39. The monoisotopic (exact) mass is 320 g/mol. The van der Waals surface area contributed by atoms with Crippen molar-refractivity contribution in [3.8, 4) is 5.88 Å². The molecule has 1 amide bonds. The summed E-state index contributed by atoms with van der Waals surface area (Å²) in [6.07, 6.45) is 4.69. The van der Waals surface area contributed by atoms with E-state index < -0.39 is 6.10 Å². The van der Waals surface area contributed by atoms with Gasteiger partial charge in [0.25, 0.3) is 0 Å². The van der Waals surface area contributed by atoms with Gasteiger partial charge < -0.3 is 15.2 Å². The lowest BCUT2D eigenvalue weighted by Gasteiger charge is -2.17. The number of nitrogens with zero attached hydrogens (tertiary/aromatic N) is 1. The molecule has 3 unspecified atom stereocenters. The zero-order valence-corrected chi connectivity index (χ0v) is 14.3. The minimum atomic E-state index is -0.497. The zero-order valence-electron chi connectivity index (χ0n) is 14.3. The van der Waals surface area contributed by atoms with Crippen LogP contribution in [-0.2, 0) is 11.3 Å². The van der Waals surface area contributed by atoms with Crippen molar-refractivity contribution >= 4 is 5.91 Å². The summed E-state index contributed by atoms with van der Waals surface area (Å²) in [6.45, 7) is 6.80. The highest BCUT2D eigenvalue weighted by molar-refractivity contribution is 5.79. The van der Waals surface area contributed by atoms with E-state index >= 15 is 0 Å². The maximum absolute atomic E-state index is 12.1.